The van der Waals surface area contributed by atoms with Gasteiger partial charge in [-0.2, -0.15) is 0 Å². The number of aliphatic carboxylic acids is 2. The van der Waals surface area contributed by atoms with E-state index in [9.17, 15) is 78.2 Å². The number of aromatic hydroxyl groups is 1. The SMILES string of the molecule is CC[C@H](C)[C@H](NC(=O)[C@H](CC(=O)O)NC(=O)[C@H](CC(N)=O)NC(=O)[C@@H](NC(=O)[C@@H](NC(=O)[C@H](C)NC(=O)CNC(=O)[C@H](C)NC(=O)[C@H](Cc1ccc(O)cc1)Nc1ccc([N+](=O)[O-])cc1)C(C)C)C(C)C)C(=O)O. The van der Waals surface area contributed by atoms with Gasteiger partial charge in [0.2, 0.25) is 53.2 Å². The number of nitrogens with zero attached hydrogens (tertiary/aromatic N) is 1. The Hall–Kier alpha value is -8.39. The van der Waals surface area contributed by atoms with Gasteiger partial charge in [0.25, 0.3) is 5.69 Å². The van der Waals surface area contributed by atoms with Crippen molar-refractivity contribution in [3.8, 4) is 5.75 Å². The number of hydrogen-bond acceptors (Lipinski definition) is 15. The number of hydrogen-bond donors (Lipinski definition) is 13. The van der Waals surface area contributed by atoms with Gasteiger partial charge >= 0.3 is 11.9 Å². The van der Waals surface area contributed by atoms with Crippen LogP contribution in [0.3, 0.4) is 0 Å². The smallest absolute Gasteiger partial charge is 0.326 e. The van der Waals surface area contributed by atoms with E-state index in [4.69, 9.17) is 5.73 Å². The highest BCUT2D eigenvalue weighted by molar-refractivity contribution is 5.99. The molecule has 14 N–H and O–H groups in total. The van der Waals surface area contributed by atoms with Crippen LogP contribution in [0.1, 0.15) is 80.2 Å². The molecule has 74 heavy (non-hydrogen) atoms. The van der Waals surface area contributed by atoms with Crippen LogP contribution in [0.2, 0.25) is 0 Å². The molecule has 406 valence electrons. The number of amides is 9. The number of carboxylic acids is 2. The molecule has 0 aliphatic carbocycles. The monoisotopic (exact) mass is 1040 g/mol. The van der Waals surface area contributed by atoms with Gasteiger partial charge in [0, 0.05) is 24.2 Å². The van der Waals surface area contributed by atoms with Gasteiger partial charge in [0.1, 0.15) is 54.1 Å². The third-order valence-corrected chi connectivity index (χ3v) is 11.4. The van der Waals surface area contributed by atoms with Crippen molar-refractivity contribution >= 4 is 76.5 Å². The van der Waals surface area contributed by atoms with Crippen LogP contribution in [-0.2, 0) is 59.2 Å². The molecule has 0 saturated carbocycles. The van der Waals surface area contributed by atoms with Gasteiger partial charge in [0.05, 0.1) is 24.3 Å². The Labute approximate surface area is 425 Å². The van der Waals surface area contributed by atoms with Crippen LogP contribution in [0, 0.1) is 27.9 Å². The third-order valence-electron chi connectivity index (χ3n) is 11.4. The molecule has 0 aliphatic heterocycles. The van der Waals surface area contributed by atoms with Gasteiger partial charge in [-0.1, -0.05) is 60.1 Å². The van der Waals surface area contributed by atoms with E-state index >= 15 is 0 Å². The standard InChI is InChI=1S/C47H67N11O16/c1-9-24(6)39(47(71)72)57-44(68)33(20-36(62)63)53-43(67)32(19-34(48)60)54-45(69)37(22(2)3)56-46(70)38(23(4)5)55-41(65)26(8)50-35(61)21-49-40(64)25(7)51-42(66)31(18-27-10-16-30(59)17-11-27)52-28-12-14-29(15-13-28)58(73)74/h10-17,22-26,31-33,37-39,52,59H,9,18-21H2,1-8H3,(H2,48,60)(H,49,64)(H,50,61)(H,51,66)(H,53,67)(H,54,69)(H,55,65)(H,56,70)(H,57,68)(H,62,63)(H,71,72)/t24-,25-,26-,31-,32-,33-,37-,38-,39-/m0/s1. The number of nitrogens with two attached hydrogens (primary N) is 1. The number of nitro benzene ring substituents is 1. The predicted molar refractivity (Wildman–Crippen MR) is 263 cm³/mol. The largest absolute Gasteiger partial charge is 0.508 e. The van der Waals surface area contributed by atoms with E-state index in [0.29, 0.717) is 17.7 Å². The quantitative estimate of drug-likeness (QED) is 0.0318. The molecule has 0 heterocycles. The van der Waals surface area contributed by atoms with Crippen molar-refractivity contribution in [2.45, 2.75) is 129 Å². The lowest BCUT2D eigenvalue weighted by atomic mass is 9.98. The Morgan fingerprint density at radius 1 is 0.581 bits per heavy atom. The maximum absolute atomic E-state index is 13.7. The number of nitro groups is 1. The summed E-state index contributed by atoms with van der Waals surface area (Å²) in [6, 6.07) is -0.155. The number of carbonyl (C=O) groups is 11. The number of phenolic OH excluding ortho intramolecular Hbond substituents is 1. The first-order valence-corrected chi connectivity index (χ1v) is 23.5. The molecule has 0 aromatic heterocycles. The van der Waals surface area contributed by atoms with Crippen molar-refractivity contribution in [2.75, 3.05) is 11.9 Å². The lowest BCUT2D eigenvalue weighted by molar-refractivity contribution is -0.384. The summed E-state index contributed by atoms with van der Waals surface area (Å²) in [5, 5.41) is 61.7. The summed E-state index contributed by atoms with van der Waals surface area (Å²) < 4.78 is 0. The molecule has 0 bridgehead atoms. The molecule has 0 fully saturated rings. The van der Waals surface area contributed by atoms with Gasteiger partial charge in [-0.15, -0.1) is 0 Å². The second-order valence-corrected chi connectivity index (χ2v) is 18.2. The molecule has 27 heteroatoms. The molecule has 0 spiro atoms. The van der Waals surface area contributed by atoms with E-state index in [1.54, 1.807) is 32.9 Å². The highest BCUT2D eigenvalue weighted by Gasteiger charge is 2.36. The van der Waals surface area contributed by atoms with Crippen molar-refractivity contribution < 1.29 is 73.0 Å². The zero-order valence-corrected chi connectivity index (χ0v) is 42.2. The Kier molecular flexibility index (Phi) is 24.4. The van der Waals surface area contributed by atoms with Crippen LogP contribution in [0.15, 0.2) is 48.5 Å². The fourth-order valence-electron chi connectivity index (χ4n) is 6.87. The Morgan fingerprint density at radius 2 is 1.05 bits per heavy atom. The average Bonchev–Trinajstić information content (AvgIpc) is 3.32. The average molecular weight is 1040 g/mol. The van der Waals surface area contributed by atoms with Crippen LogP contribution in [-0.4, -0.2) is 140 Å². The second kappa shape index (κ2) is 29.2. The number of primary amides is 1. The van der Waals surface area contributed by atoms with E-state index in [1.165, 1.54) is 71.0 Å². The molecule has 27 nitrogen and oxygen atoms in total. The zero-order chi connectivity index (χ0) is 56.1. The Balaban J connectivity index is 2.09. The summed E-state index contributed by atoms with van der Waals surface area (Å²) in [6.45, 7) is 11.3. The minimum absolute atomic E-state index is 0.00881. The molecular formula is C47H67N11O16. The minimum atomic E-state index is -1.87. The fourth-order valence-corrected chi connectivity index (χ4v) is 6.87. The molecule has 0 saturated heterocycles. The van der Waals surface area contributed by atoms with Crippen molar-refractivity contribution in [3.05, 3.63) is 64.2 Å². The first-order chi connectivity index (χ1) is 34.5. The highest BCUT2D eigenvalue weighted by Crippen LogP contribution is 2.19. The molecule has 2 rings (SSSR count). The van der Waals surface area contributed by atoms with Gasteiger partial charge in [-0.3, -0.25) is 58.1 Å². The number of rotatable bonds is 30. The molecule has 0 aliphatic rings. The Morgan fingerprint density at radius 3 is 1.55 bits per heavy atom. The van der Waals surface area contributed by atoms with E-state index in [2.05, 4.69) is 47.9 Å². The number of carboxylic acid groups (broad SMARTS) is 2. The summed E-state index contributed by atoms with van der Waals surface area (Å²) in [6.07, 6.45) is -1.50. The van der Waals surface area contributed by atoms with Crippen LogP contribution in [0.25, 0.3) is 0 Å². The number of phenols is 1. The normalized spacial score (nSPS) is 14.6. The van der Waals surface area contributed by atoms with Crippen LogP contribution in [0.4, 0.5) is 11.4 Å². The highest BCUT2D eigenvalue weighted by atomic mass is 16.6. The zero-order valence-electron chi connectivity index (χ0n) is 42.2. The van der Waals surface area contributed by atoms with Gasteiger partial charge < -0.3 is 68.9 Å². The number of nitrogens with one attached hydrogen (secondary N) is 9. The van der Waals surface area contributed by atoms with Gasteiger partial charge in [-0.05, 0) is 61.4 Å². The van der Waals surface area contributed by atoms with E-state index in [-0.39, 0.29) is 17.9 Å². The summed E-state index contributed by atoms with van der Waals surface area (Å²) in [5.74, 6) is -13.5. The lowest BCUT2D eigenvalue weighted by Crippen LogP contribution is -2.61. The number of carbonyl (C=O) groups excluding carboxylic acids is 9. The molecule has 2 aromatic carbocycles. The van der Waals surface area contributed by atoms with Crippen LogP contribution < -0.4 is 53.6 Å². The molecule has 9 atom stereocenters. The summed E-state index contributed by atoms with van der Waals surface area (Å²) in [4.78, 5) is 153. The first kappa shape index (κ1) is 61.7. The lowest BCUT2D eigenvalue weighted by Gasteiger charge is -2.29. The number of non-ortho nitro benzene ring substituents is 1. The Bertz CT molecular complexity index is 2360. The molecule has 9 amide bonds. The van der Waals surface area contributed by atoms with Crippen molar-refractivity contribution in [3.63, 3.8) is 0 Å². The van der Waals surface area contributed by atoms with E-state index in [0.717, 1.165) is 0 Å². The topological polar surface area (TPSA) is 426 Å². The predicted octanol–water partition coefficient (Wildman–Crippen LogP) is -1.33. The summed E-state index contributed by atoms with van der Waals surface area (Å²) >= 11 is 0. The van der Waals surface area contributed by atoms with Crippen LogP contribution >= 0.6 is 0 Å². The van der Waals surface area contributed by atoms with Crippen molar-refractivity contribution in [1.82, 2.24) is 42.5 Å². The van der Waals surface area contributed by atoms with Crippen molar-refractivity contribution in [1.29, 1.82) is 0 Å². The first-order valence-electron chi connectivity index (χ1n) is 23.5. The van der Waals surface area contributed by atoms with Gasteiger partial charge in [-0.25, -0.2) is 4.79 Å². The third kappa shape index (κ3) is 20.4. The molecular weight excluding hydrogens is 975 g/mol. The van der Waals surface area contributed by atoms with Crippen molar-refractivity contribution in [2.24, 2.45) is 23.5 Å². The second-order valence-electron chi connectivity index (χ2n) is 18.2. The summed E-state index contributed by atoms with van der Waals surface area (Å²) in [5.41, 5.74) is 6.14. The molecule has 0 unspecified atom stereocenters. The minimum Gasteiger partial charge on any atom is -0.508 e. The number of benzene rings is 2. The fraction of sp³-hybridized carbons (Fsp3) is 0.511. The molecule has 2 aromatic rings. The van der Waals surface area contributed by atoms with Crippen LogP contribution in [0.5, 0.6) is 5.75 Å². The maximum Gasteiger partial charge on any atom is 0.326 e. The number of anilines is 1. The molecule has 0 radical (unpaired) electrons. The van der Waals surface area contributed by atoms with E-state index < -0.39 is 156 Å². The van der Waals surface area contributed by atoms with Gasteiger partial charge in [0.15, 0.2) is 0 Å². The maximum atomic E-state index is 13.7. The summed E-state index contributed by atoms with van der Waals surface area (Å²) in [7, 11) is 0. The van der Waals surface area contributed by atoms with E-state index in [1.807, 2.05) is 0 Å².